The molecule has 0 spiro atoms. The van der Waals surface area contributed by atoms with E-state index in [0.29, 0.717) is 0 Å². The zero-order valence-corrected chi connectivity index (χ0v) is 11.9. The van der Waals surface area contributed by atoms with Crippen LogP contribution in [0.2, 0.25) is 0 Å². The highest BCUT2D eigenvalue weighted by molar-refractivity contribution is 4.79. The first kappa shape index (κ1) is 13.4. The number of hydrogen-bond acceptors (Lipinski definition) is 1. The Hall–Kier alpha value is -0.0400. The molecule has 0 heterocycles. The Balaban J connectivity index is 1.59. The summed E-state index contributed by atoms with van der Waals surface area (Å²) in [4.78, 5) is 0. The Bertz CT molecular complexity index is 208. The third-order valence-electron chi connectivity index (χ3n) is 4.80. The Morgan fingerprint density at radius 2 is 1.71 bits per heavy atom. The van der Waals surface area contributed by atoms with Crippen molar-refractivity contribution in [3.05, 3.63) is 0 Å². The van der Waals surface area contributed by atoms with E-state index in [1.807, 2.05) is 0 Å². The second-order valence-corrected chi connectivity index (χ2v) is 6.90. The number of nitrogens with one attached hydrogen (secondary N) is 1. The monoisotopic (exact) mass is 237 g/mol. The molecule has 2 rings (SSSR count). The zero-order valence-electron chi connectivity index (χ0n) is 11.9. The number of rotatable bonds is 6. The Kier molecular flexibility index (Phi) is 5.34. The topological polar surface area (TPSA) is 12.0 Å². The van der Waals surface area contributed by atoms with Crippen molar-refractivity contribution < 1.29 is 0 Å². The van der Waals surface area contributed by atoms with Gasteiger partial charge < -0.3 is 5.32 Å². The van der Waals surface area contributed by atoms with E-state index in [2.05, 4.69) is 19.2 Å². The molecule has 0 bridgehead atoms. The average molecular weight is 237 g/mol. The van der Waals surface area contributed by atoms with Crippen LogP contribution in [0.5, 0.6) is 0 Å². The molecular formula is C16H31N. The van der Waals surface area contributed by atoms with Crippen LogP contribution in [0.4, 0.5) is 0 Å². The van der Waals surface area contributed by atoms with Crippen molar-refractivity contribution in [2.45, 2.75) is 77.7 Å². The molecule has 2 aliphatic carbocycles. The van der Waals surface area contributed by atoms with Crippen LogP contribution in [0.1, 0.15) is 71.6 Å². The lowest BCUT2D eigenvalue weighted by molar-refractivity contribution is 0.238. The van der Waals surface area contributed by atoms with Crippen LogP contribution in [-0.4, -0.2) is 12.6 Å². The minimum Gasteiger partial charge on any atom is -0.314 e. The van der Waals surface area contributed by atoms with Crippen molar-refractivity contribution in [2.75, 3.05) is 6.54 Å². The van der Waals surface area contributed by atoms with Gasteiger partial charge in [0.15, 0.2) is 0 Å². The van der Waals surface area contributed by atoms with Gasteiger partial charge in [-0.3, -0.25) is 0 Å². The van der Waals surface area contributed by atoms with Gasteiger partial charge in [-0.25, -0.2) is 0 Å². The third-order valence-corrected chi connectivity index (χ3v) is 4.80. The molecule has 2 saturated carbocycles. The van der Waals surface area contributed by atoms with E-state index in [4.69, 9.17) is 0 Å². The van der Waals surface area contributed by atoms with E-state index in [9.17, 15) is 0 Å². The minimum absolute atomic E-state index is 0.840. The van der Waals surface area contributed by atoms with Crippen molar-refractivity contribution in [1.29, 1.82) is 0 Å². The van der Waals surface area contributed by atoms with Gasteiger partial charge in [-0.05, 0) is 50.0 Å². The van der Waals surface area contributed by atoms with Crippen molar-refractivity contribution in [3.8, 4) is 0 Å². The SMILES string of the molecule is CC(C)CC1CCCC(NCCC2CCC2)C1. The van der Waals surface area contributed by atoms with E-state index in [0.717, 1.165) is 23.8 Å². The van der Waals surface area contributed by atoms with E-state index < -0.39 is 0 Å². The molecule has 1 heteroatoms. The van der Waals surface area contributed by atoms with Crippen molar-refractivity contribution in [2.24, 2.45) is 17.8 Å². The first-order chi connectivity index (χ1) is 8.24. The predicted octanol–water partition coefficient (Wildman–Crippen LogP) is 4.37. The van der Waals surface area contributed by atoms with E-state index >= 15 is 0 Å². The summed E-state index contributed by atoms with van der Waals surface area (Å²) in [5.74, 6) is 2.95. The molecule has 0 aliphatic heterocycles. The molecule has 0 saturated heterocycles. The van der Waals surface area contributed by atoms with E-state index in [-0.39, 0.29) is 0 Å². The highest BCUT2D eigenvalue weighted by Gasteiger charge is 2.23. The van der Waals surface area contributed by atoms with Crippen LogP contribution in [0.25, 0.3) is 0 Å². The fourth-order valence-electron chi connectivity index (χ4n) is 3.63. The quantitative estimate of drug-likeness (QED) is 0.723. The molecule has 100 valence electrons. The van der Waals surface area contributed by atoms with Crippen LogP contribution in [0, 0.1) is 17.8 Å². The van der Waals surface area contributed by atoms with Crippen LogP contribution >= 0.6 is 0 Å². The first-order valence-corrected chi connectivity index (χ1v) is 7.97. The molecule has 1 N–H and O–H groups in total. The highest BCUT2D eigenvalue weighted by Crippen LogP contribution is 2.31. The molecular weight excluding hydrogens is 206 g/mol. The smallest absolute Gasteiger partial charge is 0.00697 e. The summed E-state index contributed by atoms with van der Waals surface area (Å²) in [6.07, 6.45) is 13.2. The average Bonchev–Trinajstić information content (AvgIpc) is 2.21. The molecule has 2 atom stereocenters. The maximum atomic E-state index is 3.82. The van der Waals surface area contributed by atoms with Gasteiger partial charge in [0.2, 0.25) is 0 Å². The fraction of sp³-hybridized carbons (Fsp3) is 1.00. The van der Waals surface area contributed by atoms with Gasteiger partial charge in [-0.15, -0.1) is 0 Å². The van der Waals surface area contributed by atoms with Crippen molar-refractivity contribution >= 4 is 0 Å². The Morgan fingerprint density at radius 1 is 1.00 bits per heavy atom. The van der Waals surface area contributed by atoms with Gasteiger partial charge in [0.1, 0.15) is 0 Å². The standard InChI is InChI=1S/C16H31N/c1-13(2)11-15-7-4-8-16(12-15)17-10-9-14-5-3-6-14/h13-17H,3-12H2,1-2H3. The second kappa shape index (κ2) is 6.78. The molecule has 1 nitrogen and oxygen atoms in total. The van der Waals surface area contributed by atoms with Crippen molar-refractivity contribution in [1.82, 2.24) is 5.32 Å². The lowest BCUT2D eigenvalue weighted by Crippen LogP contribution is -2.36. The van der Waals surface area contributed by atoms with Gasteiger partial charge in [0, 0.05) is 6.04 Å². The normalized spacial score (nSPS) is 30.5. The van der Waals surface area contributed by atoms with Gasteiger partial charge >= 0.3 is 0 Å². The Morgan fingerprint density at radius 3 is 2.35 bits per heavy atom. The van der Waals surface area contributed by atoms with Crippen LogP contribution < -0.4 is 5.32 Å². The lowest BCUT2D eigenvalue weighted by atomic mass is 9.80. The molecule has 0 aromatic carbocycles. The van der Waals surface area contributed by atoms with Gasteiger partial charge in [-0.1, -0.05) is 46.0 Å². The van der Waals surface area contributed by atoms with Gasteiger partial charge in [-0.2, -0.15) is 0 Å². The van der Waals surface area contributed by atoms with Crippen molar-refractivity contribution in [3.63, 3.8) is 0 Å². The van der Waals surface area contributed by atoms with E-state index in [1.165, 1.54) is 64.3 Å². The number of hydrogen-bond donors (Lipinski definition) is 1. The van der Waals surface area contributed by atoms with Crippen LogP contribution in [0.15, 0.2) is 0 Å². The predicted molar refractivity (Wildman–Crippen MR) is 75.2 cm³/mol. The van der Waals surface area contributed by atoms with E-state index in [1.54, 1.807) is 0 Å². The molecule has 2 aliphatic rings. The molecule has 2 unspecified atom stereocenters. The first-order valence-electron chi connectivity index (χ1n) is 7.97. The fourth-order valence-corrected chi connectivity index (χ4v) is 3.63. The summed E-state index contributed by atoms with van der Waals surface area (Å²) < 4.78 is 0. The molecule has 0 radical (unpaired) electrons. The summed E-state index contributed by atoms with van der Waals surface area (Å²) in [7, 11) is 0. The second-order valence-electron chi connectivity index (χ2n) is 6.90. The minimum atomic E-state index is 0.840. The molecule has 17 heavy (non-hydrogen) atoms. The third kappa shape index (κ3) is 4.62. The summed E-state index contributed by atoms with van der Waals surface area (Å²) in [5.41, 5.74) is 0. The van der Waals surface area contributed by atoms with Crippen LogP contribution in [-0.2, 0) is 0 Å². The zero-order chi connectivity index (χ0) is 12.1. The lowest BCUT2D eigenvalue weighted by Gasteiger charge is -2.32. The molecule has 0 amide bonds. The molecule has 0 aromatic rings. The summed E-state index contributed by atoms with van der Waals surface area (Å²) in [6, 6.07) is 0.840. The maximum Gasteiger partial charge on any atom is 0.00697 e. The summed E-state index contributed by atoms with van der Waals surface area (Å²) >= 11 is 0. The maximum absolute atomic E-state index is 3.82. The largest absolute Gasteiger partial charge is 0.314 e. The van der Waals surface area contributed by atoms with Gasteiger partial charge in [0.25, 0.3) is 0 Å². The summed E-state index contributed by atoms with van der Waals surface area (Å²) in [5, 5.41) is 3.82. The highest BCUT2D eigenvalue weighted by atomic mass is 14.9. The van der Waals surface area contributed by atoms with Gasteiger partial charge in [0.05, 0.1) is 0 Å². The summed E-state index contributed by atoms with van der Waals surface area (Å²) in [6.45, 7) is 6.02. The Labute approximate surface area is 108 Å². The molecule has 0 aromatic heterocycles. The van der Waals surface area contributed by atoms with Crippen LogP contribution in [0.3, 0.4) is 0 Å². The molecule has 2 fully saturated rings.